The summed E-state index contributed by atoms with van der Waals surface area (Å²) in [6.07, 6.45) is 5.89. The molecule has 1 aliphatic carbocycles. The number of carboxylic acids is 1. The third-order valence-corrected chi connectivity index (χ3v) is 6.46. The summed E-state index contributed by atoms with van der Waals surface area (Å²) in [6.45, 7) is 1.29. The van der Waals surface area contributed by atoms with Gasteiger partial charge in [-0.15, -0.1) is 0 Å². The predicted octanol–water partition coefficient (Wildman–Crippen LogP) is 5.63. The van der Waals surface area contributed by atoms with Crippen LogP contribution < -0.4 is 10.1 Å². The van der Waals surface area contributed by atoms with Gasteiger partial charge in [-0.25, -0.2) is 4.79 Å². The first-order chi connectivity index (χ1) is 16.6. The van der Waals surface area contributed by atoms with Gasteiger partial charge in [0.2, 0.25) is 0 Å². The second-order valence-corrected chi connectivity index (χ2v) is 8.97. The Kier molecular flexibility index (Phi) is 8.34. The maximum atomic E-state index is 11.7. The molecule has 0 heterocycles. The highest BCUT2D eigenvalue weighted by molar-refractivity contribution is 5.92. The van der Waals surface area contributed by atoms with Gasteiger partial charge >= 0.3 is 5.97 Å². The number of rotatable bonds is 10. The maximum absolute atomic E-state index is 11.7. The fourth-order valence-electron chi connectivity index (χ4n) is 4.47. The van der Waals surface area contributed by atoms with E-state index in [2.05, 4.69) is 29.6 Å². The van der Waals surface area contributed by atoms with E-state index < -0.39 is 12.1 Å². The number of nitrogens with one attached hydrogen (secondary N) is 1. The van der Waals surface area contributed by atoms with E-state index in [9.17, 15) is 15.0 Å². The van der Waals surface area contributed by atoms with Crippen molar-refractivity contribution in [2.45, 2.75) is 50.7 Å². The second-order valence-electron chi connectivity index (χ2n) is 8.97. The van der Waals surface area contributed by atoms with Gasteiger partial charge in [0.25, 0.3) is 0 Å². The van der Waals surface area contributed by atoms with E-state index in [0.717, 1.165) is 55.3 Å². The van der Waals surface area contributed by atoms with Crippen LogP contribution in [0.5, 0.6) is 5.75 Å². The molecule has 3 aromatic rings. The van der Waals surface area contributed by atoms with Gasteiger partial charge in [0, 0.05) is 6.54 Å². The Balaban J connectivity index is 1.35. The second kappa shape index (κ2) is 11.8. The molecule has 0 spiro atoms. The minimum Gasteiger partial charge on any atom is -0.490 e. The number of ether oxygens (including phenoxy) is 1. The van der Waals surface area contributed by atoms with Crippen LogP contribution in [0.2, 0.25) is 0 Å². The summed E-state index contributed by atoms with van der Waals surface area (Å²) in [7, 11) is 0. The molecule has 1 saturated carbocycles. The monoisotopic (exact) mass is 459 g/mol. The Hall–Kier alpha value is -3.15. The SMILES string of the molecule is O=C(O)c1ccc(-c2ccc(CCNC[C@H](O)c3ccccc3)cc2)cc1OC1CCCCC1. The summed E-state index contributed by atoms with van der Waals surface area (Å²) >= 11 is 0. The standard InChI is InChI=1S/C29H33NO4/c31-27(23-7-3-1-4-8-23)20-30-18-17-21-11-13-22(14-12-21)24-15-16-26(29(32)33)28(19-24)34-25-9-5-2-6-10-25/h1,3-4,7-8,11-16,19,25,27,30-31H,2,5-6,9-10,17-18,20H2,(H,32,33)/t27-/m0/s1. The van der Waals surface area contributed by atoms with Crippen molar-refractivity contribution in [2.75, 3.05) is 13.1 Å². The lowest BCUT2D eigenvalue weighted by molar-refractivity contribution is 0.0686. The Morgan fingerprint density at radius 2 is 1.65 bits per heavy atom. The molecule has 1 aliphatic rings. The predicted molar refractivity (Wildman–Crippen MR) is 134 cm³/mol. The molecule has 0 aliphatic heterocycles. The minimum absolute atomic E-state index is 0.0948. The molecular weight excluding hydrogens is 426 g/mol. The normalized spacial score (nSPS) is 15.1. The molecule has 3 aromatic carbocycles. The summed E-state index contributed by atoms with van der Waals surface area (Å²) in [5, 5.41) is 23.2. The summed E-state index contributed by atoms with van der Waals surface area (Å²) in [4.78, 5) is 11.7. The van der Waals surface area contributed by atoms with Gasteiger partial charge in [-0.2, -0.15) is 0 Å². The van der Waals surface area contributed by atoms with E-state index in [1.807, 2.05) is 42.5 Å². The van der Waals surface area contributed by atoms with E-state index in [1.165, 1.54) is 12.0 Å². The topological polar surface area (TPSA) is 78.8 Å². The van der Waals surface area contributed by atoms with Crippen molar-refractivity contribution in [3.8, 4) is 16.9 Å². The molecule has 1 fully saturated rings. The molecular formula is C29H33NO4. The van der Waals surface area contributed by atoms with E-state index in [1.54, 1.807) is 6.07 Å². The molecule has 4 rings (SSSR count). The van der Waals surface area contributed by atoms with E-state index in [-0.39, 0.29) is 11.7 Å². The van der Waals surface area contributed by atoms with Crippen molar-refractivity contribution in [1.29, 1.82) is 0 Å². The maximum Gasteiger partial charge on any atom is 0.339 e. The van der Waals surface area contributed by atoms with Crippen molar-refractivity contribution in [3.63, 3.8) is 0 Å². The lowest BCUT2D eigenvalue weighted by atomic mass is 9.97. The molecule has 178 valence electrons. The number of benzene rings is 3. The zero-order valence-corrected chi connectivity index (χ0v) is 19.5. The zero-order chi connectivity index (χ0) is 23.8. The number of aliphatic hydroxyl groups excluding tert-OH is 1. The molecule has 5 heteroatoms. The van der Waals surface area contributed by atoms with Gasteiger partial charge in [-0.3, -0.25) is 0 Å². The van der Waals surface area contributed by atoms with Gasteiger partial charge in [-0.05, 0) is 73.0 Å². The first-order valence-electron chi connectivity index (χ1n) is 12.2. The van der Waals surface area contributed by atoms with E-state index in [4.69, 9.17) is 4.74 Å². The van der Waals surface area contributed by atoms with Gasteiger partial charge in [0.15, 0.2) is 0 Å². The lowest BCUT2D eigenvalue weighted by Crippen LogP contribution is -2.23. The summed E-state index contributed by atoms with van der Waals surface area (Å²) in [5.74, 6) is -0.500. The first-order valence-corrected chi connectivity index (χ1v) is 12.2. The Labute approximate surface area is 201 Å². The van der Waals surface area contributed by atoms with Crippen LogP contribution in [0.1, 0.15) is 59.7 Å². The molecule has 0 radical (unpaired) electrons. The molecule has 5 nitrogen and oxygen atoms in total. The third-order valence-electron chi connectivity index (χ3n) is 6.46. The summed E-state index contributed by atoms with van der Waals surface area (Å²) < 4.78 is 6.14. The van der Waals surface area contributed by atoms with Crippen LogP contribution in [0, 0.1) is 0 Å². The van der Waals surface area contributed by atoms with Crippen molar-refractivity contribution in [2.24, 2.45) is 0 Å². The molecule has 0 bridgehead atoms. The van der Waals surface area contributed by atoms with Crippen molar-refractivity contribution < 1.29 is 19.7 Å². The molecule has 0 amide bonds. The average Bonchev–Trinajstić information content (AvgIpc) is 2.88. The fourth-order valence-corrected chi connectivity index (χ4v) is 4.47. The van der Waals surface area contributed by atoms with Crippen LogP contribution in [0.25, 0.3) is 11.1 Å². The highest BCUT2D eigenvalue weighted by Crippen LogP contribution is 2.31. The Bertz CT molecular complexity index is 1060. The highest BCUT2D eigenvalue weighted by atomic mass is 16.5. The zero-order valence-electron chi connectivity index (χ0n) is 19.5. The fraction of sp³-hybridized carbons (Fsp3) is 0.345. The summed E-state index contributed by atoms with van der Waals surface area (Å²) in [5.41, 5.74) is 4.31. The number of aliphatic hydroxyl groups is 1. The van der Waals surface area contributed by atoms with Crippen LogP contribution in [0.3, 0.4) is 0 Å². The Morgan fingerprint density at radius 3 is 2.35 bits per heavy atom. The van der Waals surface area contributed by atoms with Crippen molar-refractivity contribution in [1.82, 2.24) is 5.32 Å². The van der Waals surface area contributed by atoms with E-state index in [0.29, 0.717) is 12.3 Å². The first kappa shape index (κ1) is 24.0. The molecule has 0 aromatic heterocycles. The molecule has 0 saturated heterocycles. The van der Waals surface area contributed by atoms with Crippen molar-refractivity contribution in [3.05, 3.63) is 89.5 Å². The van der Waals surface area contributed by atoms with Crippen LogP contribution in [0.4, 0.5) is 0 Å². The number of carboxylic acid groups (broad SMARTS) is 1. The smallest absolute Gasteiger partial charge is 0.339 e. The largest absolute Gasteiger partial charge is 0.490 e. The average molecular weight is 460 g/mol. The van der Waals surface area contributed by atoms with Crippen LogP contribution in [-0.2, 0) is 6.42 Å². The van der Waals surface area contributed by atoms with Gasteiger partial charge in [-0.1, -0.05) is 67.1 Å². The van der Waals surface area contributed by atoms with Crippen LogP contribution in [0.15, 0.2) is 72.8 Å². The number of carbonyl (C=O) groups is 1. The third kappa shape index (κ3) is 6.46. The van der Waals surface area contributed by atoms with Crippen LogP contribution in [-0.4, -0.2) is 35.4 Å². The lowest BCUT2D eigenvalue weighted by Gasteiger charge is -2.24. The quantitative estimate of drug-likeness (QED) is 0.343. The molecule has 0 unspecified atom stereocenters. The molecule has 34 heavy (non-hydrogen) atoms. The van der Waals surface area contributed by atoms with Crippen LogP contribution >= 0.6 is 0 Å². The molecule has 1 atom stereocenters. The highest BCUT2D eigenvalue weighted by Gasteiger charge is 2.19. The number of aromatic carboxylic acids is 1. The van der Waals surface area contributed by atoms with Gasteiger partial charge in [0.05, 0.1) is 12.2 Å². The van der Waals surface area contributed by atoms with E-state index >= 15 is 0 Å². The number of hydrogen-bond acceptors (Lipinski definition) is 4. The Morgan fingerprint density at radius 1 is 0.941 bits per heavy atom. The van der Waals surface area contributed by atoms with Gasteiger partial charge < -0.3 is 20.3 Å². The minimum atomic E-state index is -0.961. The summed E-state index contributed by atoms with van der Waals surface area (Å²) in [6, 6.07) is 23.3. The number of hydrogen-bond donors (Lipinski definition) is 3. The molecule has 3 N–H and O–H groups in total. The van der Waals surface area contributed by atoms with Gasteiger partial charge in [0.1, 0.15) is 11.3 Å². The van der Waals surface area contributed by atoms with Crippen molar-refractivity contribution >= 4 is 5.97 Å².